The molecule has 4 nitrogen and oxygen atoms in total. The third kappa shape index (κ3) is 5.70. The van der Waals surface area contributed by atoms with Crippen molar-refractivity contribution in [3.63, 3.8) is 0 Å². The summed E-state index contributed by atoms with van der Waals surface area (Å²) in [5, 5.41) is 1.16. The standard InChI is InChI=1S/C44H38N4Si/c1-44(2)38-17-10-9-16-36(38)37-24-22-33(27-39(37)44)32-14-11-15-34(26-32)42-46-41(31-20-18-30(19-21-31)29-12-7-6-8-13-29)47-43(48-42)35-23-25-40(45-28-35)49(3,4)5/h6-28H,1-5H3. The number of fused-ring (bicyclic) bond motifs is 3. The van der Waals surface area contributed by atoms with Crippen LogP contribution >= 0.6 is 0 Å². The zero-order valence-corrected chi connectivity index (χ0v) is 29.6. The molecule has 0 spiro atoms. The van der Waals surface area contributed by atoms with E-state index in [9.17, 15) is 0 Å². The van der Waals surface area contributed by atoms with Crippen molar-refractivity contribution >= 4 is 13.4 Å². The van der Waals surface area contributed by atoms with Crippen LogP contribution in [0.5, 0.6) is 0 Å². The molecule has 0 amide bonds. The number of benzene rings is 5. The zero-order valence-electron chi connectivity index (χ0n) is 28.6. The summed E-state index contributed by atoms with van der Waals surface area (Å²) >= 11 is 0. The first-order valence-corrected chi connectivity index (χ1v) is 20.4. The van der Waals surface area contributed by atoms with E-state index in [1.807, 2.05) is 12.3 Å². The predicted octanol–water partition coefficient (Wildman–Crippen LogP) is 10.5. The van der Waals surface area contributed by atoms with Crippen LogP contribution in [0.4, 0.5) is 0 Å². The Morgan fingerprint density at radius 1 is 0.429 bits per heavy atom. The fourth-order valence-corrected chi connectivity index (χ4v) is 7.93. The first-order chi connectivity index (χ1) is 23.6. The quantitative estimate of drug-likeness (QED) is 0.168. The minimum atomic E-state index is -1.55. The van der Waals surface area contributed by atoms with Crippen molar-refractivity contribution in [3.05, 3.63) is 151 Å². The molecule has 238 valence electrons. The van der Waals surface area contributed by atoms with Crippen LogP contribution in [-0.2, 0) is 5.41 Å². The molecule has 0 saturated carbocycles. The van der Waals surface area contributed by atoms with Gasteiger partial charge in [0.2, 0.25) is 0 Å². The van der Waals surface area contributed by atoms with Crippen molar-refractivity contribution in [1.29, 1.82) is 0 Å². The van der Waals surface area contributed by atoms with E-state index in [0.717, 1.165) is 33.1 Å². The van der Waals surface area contributed by atoms with Gasteiger partial charge in [-0.25, -0.2) is 15.0 Å². The highest BCUT2D eigenvalue weighted by Crippen LogP contribution is 2.49. The van der Waals surface area contributed by atoms with E-state index in [1.54, 1.807) is 0 Å². The Bertz CT molecular complexity index is 2320. The number of hydrogen-bond acceptors (Lipinski definition) is 4. The molecule has 5 heteroatoms. The van der Waals surface area contributed by atoms with E-state index in [4.69, 9.17) is 19.9 Å². The van der Waals surface area contributed by atoms with E-state index in [2.05, 4.69) is 161 Å². The summed E-state index contributed by atoms with van der Waals surface area (Å²) in [6.45, 7) is 11.6. The summed E-state index contributed by atoms with van der Waals surface area (Å²) in [4.78, 5) is 20.0. The van der Waals surface area contributed by atoms with Gasteiger partial charge in [-0.15, -0.1) is 0 Å². The van der Waals surface area contributed by atoms with Crippen LogP contribution in [0.3, 0.4) is 0 Å². The molecule has 0 atom stereocenters. The second kappa shape index (κ2) is 11.9. The molecule has 7 aromatic rings. The van der Waals surface area contributed by atoms with Crippen LogP contribution in [-0.4, -0.2) is 28.0 Å². The van der Waals surface area contributed by atoms with E-state index < -0.39 is 8.07 Å². The van der Waals surface area contributed by atoms with Crippen LogP contribution in [0.1, 0.15) is 25.0 Å². The maximum Gasteiger partial charge on any atom is 0.165 e. The Kier molecular flexibility index (Phi) is 7.46. The SMILES string of the molecule is CC1(C)c2ccccc2-c2ccc(-c3cccc(-c4nc(-c5ccc(-c6ccccc6)cc5)nc(-c5ccc([Si](C)(C)C)nc5)n4)c3)cc21. The average Bonchev–Trinajstić information content (AvgIpc) is 3.37. The van der Waals surface area contributed by atoms with Gasteiger partial charge in [-0.3, -0.25) is 4.98 Å². The Morgan fingerprint density at radius 2 is 0.959 bits per heavy atom. The predicted molar refractivity (Wildman–Crippen MR) is 205 cm³/mol. The third-order valence-corrected chi connectivity index (χ3v) is 11.5. The molecule has 0 unspecified atom stereocenters. The molecular weight excluding hydrogens is 613 g/mol. The molecule has 0 radical (unpaired) electrons. The van der Waals surface area contributed by atoms with Crippen LogP contribution in [0.2, 0.25) is 19.6 Å². The molecule has 0 fully saturated rings. The van der Waals surface area contributed by atoms with Crippen LogP contribution in [0.15, 0.2) is 140 Å². The maximum atomic E-state index is 5.07. The van der Waals surface area contributed by atoms with Crippen LogP contribution < -0.4 is 5.32 Å². The van der Waals surface area contributed by atoms with Gasteiger partial charge in [-0.05, 0) is 68.8 Å². The summed E-state index contributed by atoms with van der Waals surface area (Å²) in [5.41, 5.74) is 12.7. The average molecular weight is 651 g/mol. The molecule has 49 heavy (non-hydrogen) atoms. The monoisotopic (exact) mass is 650 g/mol. The van der Waals surface area contributed by atoms with Crippen molar-refractivity contribution in [1.82, 2.24) is 19.9 Å². The number of hydrogen-bond donors (Lipinski definition) is 0. The fraction of sp³-hybridized carbons (Fsp3) is 0.136. The molecule has 2 aromatic heterocycles. The molecule has 8 rings (SSSR count). The van der Waals surface area contributed by atoms with Gasteiger partial charge in [0, 0.05) is 33.6 Å². The smallest absolute Gasteiger partial charge is 0.165 e. The topological polar surface area (TPSA) is 51.6 Å². The third-order valence-electron chi connectivity index (χ3n) is 9.71. The molecule has 0 bridgehead atoms. The molecule has 1 aliphatic carbocycles. The van der Waals surface area contributed by atoms with Crippen molar-refractivity contribution in [2.45, 2.75) is 38.9 Å². The van der Waals surface area contributed by atoms with Gasteiger partial charge in [0.25, 0.3) is 0 Å². The van der Waals surface area contributed by atoms with Crippen molar-refractivity contribution < 1.29 is 0 Å². The van der Waals surface area contributed by atoms with Crippen molar-refractivity contribution in [2.75, 3.05) is 0 Å². The lowest BCUT2D eigenvalue weighted by Gasteiger charge is -2.22. The summed E-state index contributed by atoms with van der Waals surface area (Å²) < 4.78 is 0. The maximum absolute atomic E-state index is 5.07. The summed E-state index contributed by atoms with van der Waals surface area (Å²) in [7, 11) is -1.55. The van der Waals surface area contributed by atoms with Crippen LogP contribution in [0.25, 0.3) is 67.5 Å². The summed E-state index contributed by atoms with van der Waals surface area (Å²) in [6.07, 6.45) is 1.91. The molecular formula is C44H38N4Si. The lowest BCUT2D eigenvalue weighted by molar-refractivity contribution is 0.660. The number of pyridine rings is 1. The van der Waals surface area contributed by atoms with E-state index in [0.29, 0.717) is 17.5 Å². The Balaban J connectivity index is 1.21. The highest BCUT2D eigenvalue weighted by atomic mass is 28.3. The first-order valence-electron chi connectivity index (χ1n) is 16.9. The lowest BCUT2D eigenvalue weighted by atomic mass is 9.81. The van der Waals surface area contributed by atoms with Gasteiger partial charge in [0.05, 0.1) is 0 Å². The molecule has 1 aliphatic rings. The second-order valence-electron chi connectivity index (χ2n) is 14.4. The Morgan fingerprint density at radius 3 is 1.67 bits per heavy atom. The number of rotatable bonds is 6. The minimum absolute atomic E-state index is 0.0628. The van der Waals surface area contributed by atoms with Gasteiger partial charge < -0.3 is 0 Å². The van der Waals surface area contributed by atoms with E-state index >= 15 is 0 Å². The molecule has 2 heterocycles. The number of nitrogens with zero attached hydrogens (tertiary/aromatic N) is 4. The van der Waals surface area contributed by atoms with E-state index in [1.165, 1.54) is 33.4 Å². The largest absolute Gasteiger partial charge is 0.265 e. The van der Waals surface area contributed by atoms with Gasteiger partial charge >= 0.3 is 0 Å². The fourth-order valence-electron chi connectivity index (χ4n) is 6.90. The minimum Gasteiger partial charge on any atom is -0.265 e. The second-order valence-corrected chi connectivity index (χ2v) is 19.5. The van der Waals surface area contributed by atoms with Gasteiger partial charge in [0.1, 0.15) is 8.07 Å². The van der Waals surface area contributed by atoms with Crippen LogP contribution in [0, 0.1) is 0 Å². The van der Waals surface area contributed by atoms with Gasteiger partial charge in [-0.1, -0.05) is 143 Å². The number of aromatic nitrogens is 4. The van der Waals surface area contributed by atoms with Gasteiger partial charge in [-0.2, -0.15) is 0 Å². The first kappa shape index (κ1) is 30.8. The molecule has 0 saturated heterocycles. The summed E-state index contributed by atoms with van der Waals surface area (Å²) in [5.74, 6) is 1.89. The highest BCUT2D eigenvalue weighted by molar-refractivity contribution is 6.88. The normalized spacial score (nSPS) is 13.2. The summed E-state index contributed by atoms with van der Waals surface area (Å²) in [6, 6.07) is 47.3. The molecule has 0 N–H and O–H groups in total. The Labute approximate surface area is 289 Å². The Hall–Kier alpha value is -5.52. The van der Waals surface area contributed by atoms with Crippen molar-refractivity contribution in [2.24, 2.45) is 0 Å². The molecule has 5 aromatic carbocycles. The molecule has 0 aliphatic heterocycles. The van der Waals surface area contributed by atoms with Crippen molar-refractivity contribution in [3.8, 4) is 67.5 Å². The zero-order chi connectivity index (χ0) is 33.8. The highest BCUT2D eigenvalue weighted by Gasteiger charge is 2.35. The lowest BCUT2D eigenvalue weighted by Crippen LogP contribution is -2.39. The van der Waals surface area contributed by atoms with E-state index in [-0.39, 0.29) is 5.41 Å². The van der Waals surface area contributed by atoms with Gasteiger partial charge in [0.15, 0.2) is 17.5 Å².